The van der Waals surface area contributed by atoms with Crippen molar-refractivity contribution < 1.29 is 4.42 Å². The predicted molar refractivity (Wildman–Crippen MR) is 97.6 cm³/mol. The van der Waals surface area contributed by atoms with Crippen LogP contribution < -0.4 is 10.6 Å². The first-order chi connectivity index (χ1) is 9.69. The second kappa shape index (κ2) is 9.04. The monoisotopic (exact) mass is 420 g/mol. The summed E-state index contributed by atoms with van der Waals surface area (Å²) >= 11 is 1.74. The van der Waals surface area contributed by atoms with Gasteiger partial charge in [-0.15, -0.1) is 35.3 Å². The molecule has 5 nitrogen and oxygen atoms in total. The Bertz CT molecular complexity index is 553. The van der Waals surface area contributed by atoms with Crippen LogP contribution in [0.25, 0.3) is 0 Å². The molecule has 0 aliphatic rings. The number of guanidine groups is 1. The van der Waals surface area contributed by atoms with Crippen LogP contribution in [0.1, 0.15) is 28.5 Å². The number of nitrogens with zero attached hydrogens (tertiary/aromatic N) is 2. The molecule has 0 aliphatic carbocycles. The maximum Gasteiger partial charge on any atom is 0.191 e. The van der Waals surface area contributed by atoms with Crippen LogP contribution in [-0.4, -0.2) is 24.5 Å². The molecule has 7 heteroatoms. The number of halogens is 1. The van der Waals surface area contributed by atoms with Crippen molar-refractivity contribution in [3.8, 4) is 0 Å². The van der Waals surface area contributed by atoms with Crippen molar-refractivity contribution in [2.24, 2.45) is 4.99 Å². The van der Waals surface area contributed by atoms with E-state index < -0.39 is 0 Å². The minimum Gasteiger partial charge on any atom is -0.467 e. The molecule has 0 spiro atoms. The van der Waals surface area contributed by atoms with E-state index in [-0.39, 0.29) is 24.0 Å². The third-order valence-electron chi connectivity index (χ3n) is 2.87. The lowest BCUT2D eigenvalue weighted by Crippen LogP contribution is -2.38. The van der Waals surface area contributed by atoms with Gasteiger partial charge in [-0.2, -0.15) is 0 Å². The van der Waals surface area contributed by atoms with Gasteiger partial charge in [0.05, 0.1) is 17.8 Å². The third-order valence-corrected chi connectivity index (χ3v) is 4.01. The maximum absolute atomic E-state index is 5.27. The minimum atomic E-state index is 0. The number of hydrogen-bond donors (Lipinski definition) is 2. The minimum absolute atomic E-state index is 0. The van der Waals surface area contributed by atoms with Crippen molar-refractivity contribution in [1.29, 1.82) is 0 Å². The number of aryl methyl sites for hydroxylation is 1. The average molecular weight is 420 g/mol. The van der Waals surface area contributed by atoms with Crippen molar-refractivity contribution in [2.45, 2.75) is 26.3 Å². The Kier molecular flexibility index (Phi) is 7.73. The molecule has 0 amide bonds. The number of nitrogens with one attached hydrogen (secondary N) is 2. The molecular weight excluding hydrogens is 399 g/mol. The molecule has 2 aromatic heterocycles. The molecule has 2 heterocycles. The van der Waals surface area contributed by atoms with Gasteiger partial charge in [-0.1, -0.05) is 6.92 Å². The van der Waals surface area contributed by atoms with E-state index in [1.807, 2.05) is 18.3 Å². The molecular formula is C14H21IN4OS. The van der Waals surface area contributed by atoms with Crippen molar-refractivity contribution in [2.75, 3.05) is 13.6 Å². The van der Waals surface area contributed by atoms with E-state index in [1.54, 1.807) is 24.6 Å². The van der Waals surface area contributed by atoms with E-state index in [1.165, 1.54) is 4.88 Å². The molecule has 0 bridgehead atoms. The Morgan fingerprint density at radius 3 is 2.86 bits per heavy atom. The number of thiazole rings is 1. The number of furan rings is 1. The quantitative estimate of drug-likeness (QED) is 0.443. The number of aromatic nitrogens is 1. The summed E-state index contributed by atoms with van der Waals surface area (Å²) < 4.78 is 5.27. The predicted octanol–water partition coefficient (Wildman–Crippen LogP) is 3.13. The second-order valence-corrected chi connectivity index (χ2v) is 5.86. The van der Waals surface area contributed by atoms with Crippen LogP contribution in [0.2, 0.25) is 0 Å². The molecule has 1 unspecified atom stereocenters. The van der Waals surface area contributed by atoms with Crippen molar-refractivity contribution in [3.63, 3.8) is 0 Å². The van der Waals surface area contributed by atoms with Crippen molar-refractivity contribution in [3.05, 3.63) is 40.2 Å². The Balaban J connectivity index is 0.00000220. The molecule has 116 valence electrons. The van der Waals surface area contributed by atoms with Gasteiger partial charge < -0.3 is 15.1 Å². The van der Waals surface area contributed by atoms with Crippen LogP contribution in [-0.2, 0) is 6.54 Å². The summed E-state index contributed by atoms with van der Waals surface area (Å²) in [5, 5.41) is 7.66. The molecule has 2 N–H and O–H groups in total. The Labute approximate surface area is 146 Å². The lowest BCUT2D eigenvalue weighted by Gasteiger charge is -2.14. The zero-order chi connectivity index (χ0) is 14.4. The van der Waals surface area contributed by atoms with Gasteiger partial charge >= 0.3 is 0 Å². The zero-order valence-corrected chi connectivity index (χ0v) is 15.6. The second-order valence-electron chi connectivity index (χ2n) is 4.60. The van der Waals surface area contributed by atoms with E-state index in [4.69, 9.17) is 4.42 Å². The molecule has 0 radical (unpaired) electrons. The van der Waals surface area contributed by atoms with E-state index >= 15 is 0 Å². The highest BCUT2D eigenvalue weighted by Gasteiger charge is 2.10. The van der Waals surface area contributed by atoms with Gasteiger partial charge in [-0.05, 0) is 19.1 Å². The fraction of sp³-hybridized carbons (Fsp3) is 0.429. The maximum atomic E-state index is 5.27. The van der Waals surface area contributed by atoms with Crippen LogP contribution in [0.4, 0.5) is 0 Å². The van der Waals surface area contributed by atoms with Crippen LogP contribution >= 0.6 is 35.3 Å². The largest absolute Gasteiger partial charge is 0.467 e. The zero-order valence-electron chi connectivity index (χ0n) is 12.4. The lowest BCUT2D eigenvalue weighted by molar-refractivity contribution is 0.501. The lowest BCUT2D eigenvalue weighted by atomic mass is 10.2. The number of aliphatic imine (C=N–C) groups is 1. The molecule has 0 aliphatic heterocycles. The standard InChI is InChI=1S/C14H20N4OS.HI/c1-10(13-16-8-11(2)20-13)7-17-14(15-3)18-9-12-5-4-6-19-12;/h4-6,8,10H,7,9H2,1-3H3,(H2,15,17,18);1H. The summed E-state index contributed by atoms with van der Waals surface area (Å²) in [6.45, 7) is 5.65. The molecule has 1 atom stereocenters. The average Bonchev–Trinajstić information content (AvgIpc) is 3.10. The van der Waals surface area contributed by atoms with Gasteiger partial charge in [0.15, 0.2) is 5.96 Å². The molecule has 0 saturated carbocycles. The first-order valence-corrected chi connectivity index (χ1v) is 7.40. The summed E-state index contributed by atoms with van der Waals surface area (Å²) in [5.41, 5.74) is 0. The van der Waals surface area contributed by atoms with Crippen LogP contribution in [0, 0.1) is 6.92 Å². The Morgan fingerprint density at radius 2 is 2.29 bits per heavy atom. The van der Waals surface area contributed by atoms with Crippen LogP contribution in [0.3, 0.4) is 0 Å². The molecule has 0 fully saturated rings. The summed E-state index contributed by atoms with van der Waals surface area (Å²) in [5.74, 6) is 2.01. The third kappa shape index (κ3) is 5.66. The van der Waals surface area contributed by atoms with Gasteiger partial charge in [-0.25, -0.2) is 4.98 Å². The van der Waals surface area contributed by atoms with Crippen LogP contribution in [0.15, 0.2) is 34.0 Å². The topological polar surface area (TPSA) is 62.5 Å². The van der Waals surface area contributed by atoms with Gasteiger partial charge in [0.2, 0.25) is 0 Å². The van der Waals surface area contributed by atoms with E-state index in [9.17, 15) is 0 Å². The normalized spacial score (nSPS) is 12.6. The first-order valence-electron chi connectivity index (χ1n) is 6.58. The fourth-order valence-corrected chi connectivity index (χ4v) is 2.57. The van der Waals surface area contributed by atoms with E-state index in [2.05, 4.69) is 34.5 Å². The fourth-order valence-electron chi connectivity index (χ4n) is 1.74. The smallest absolute Gasteiger partial charge is 0.191 e. The Hall–Kier alpha value is -1.09. The summed E-state index contributed by atoms with van der Waals surface area (Å²) in [4.78, 5) is 9.85. The van der Waals surface area contributed by atoms with Gasteiger partial charge in [-0.3, -0.25) is 4.99 Å². The Morgan fingerprint density at radius 1 is 1.48 bits per heavy atom. The van der Waals surface area contributed by atoms with Gasteiger partial charge in [0, 0.05) is 30.6 Å². The van der Waals surface area contributed by atoms with Crippen molar-refractivity contribution in [1.82, 2.24) is 15.6 Å². The number of rotatable bonds is 5. The highest BCUT2D eigenvalue weighted by molar-refractivity contribution is 14.0. The van der Waals surface area contributed by atoms with Crippen LogP contribution in [0.5, 0.6) is 0 Å². The summed E-state index contributed by atoms with van der Waals surface area (Å²) in [6, 6.07) is 3.81. The SMILES string of the molecule is CN=C(NCc1ccco1)NCC(C)c1ncc(C)s1.I. The first kappa shape index (κ1) is 18.0. The summed E-state index contributed by atoms with van der Waals surface area (Å²) in [7, 11) is 1.76. The molecule has 2 rings (SSSR count). The van der Waals surface area contributed by atoms with E-state index in [0.29, 0.717) is 12.5 Å². The van der Waals surface area contributed by atoms with Gasteiger partial charge in [0.25, 0.3) is 0 Å². The molecule has 0 aromatic carbocycles. The molecule has 2 aromatic rings. The molecule has 21 heavy (non-hydrogen) atoms. The van der Waals surface area contributed by atoms with E-state index in [0.717, 1.165) is 23.3 Å². The highest BCUT2D eigenvalue weighted by Crippen LogP contribution is 2.20. The summed E-state index contributed by atoms with van der Waals surface area (Å²) in [6.07, 6.45) is 3.58. The van der Waals surface area contributed by atoms with Crippen molar-refractivity contribution >= 4 is 41.3 Å². The molecule has 0 saturated heterocycles. The number of hydrogen-bond acceptors (Lipinski definition) is 4. The highest BCUT2D eigenvalue weighted by atomic mass is 127. The van der Waals surface area contributed by atoms with Gasteiger partial charge in [0.1, 0.15) is 5.76 Å².